The van der Waals surface area contributed by atoms with Crippen LogP contribution in [0, 0.1) is 0 Å². The number of hydrogen-bond donors (Lipinski definition) is 1. The fourth-order valence-corrected chi connectivity index (χ4v) is 2.04. The smallest absolute Gasteiger partial charge is 0.370 e. The van der Waals surface area contributed by atoms with Gasteiger partial charge in [-0.1, -0.05) is 28.9 Å². The highest BCUT2D eigenvalue weighted by molar-refractivity contribution is 6.30. The van der Waals surface area contributed by atoms with Gasteiger partial charge in [-0.2, -0.15) is 13.2 Å². The Kier molecular flexibility index (Phi) is 5.84. The van der Waals surface area contributed by atoms with Gasteiger partial charge in [0.15, 0.2) is 0 Å². The lowest BCUT2D eigenvalue weighted by Crippen LogP contribution is -2.36. The first-order valence-electron chi connectivity index (χ1n) is 6.92. The average Bonchev–Trinajstić information content (AvgIpc) is 2.95. The summed E-state index contributed by atoms with van der Waals surface area (Å²) in [5.74, 6) is -0.661. The van der Waals surface area contributed by atoms with Gasteiger partial charge in [-0.25, -0.2) is 0 Å². The van der Waals surface area contributed by atoms with Crippen molar-refractivity contribution < 1.29 is 27.2 Å². The summed E-state index contributed by atoms with van der Waals surface area (Å²) in [5, 5.41) is 6.75. The van der Waals surface area contributed by atoms with Crippen LogP contribution in [0.25, 0.3) is 11.3 Å². The monoisotopic (exact) mass is 362 g/mol. The molecule has 1 aromatic heterocycles. The molecule has 0 saturated heterocycles. The van der Waals surface area contributed by atoms with E-state index in [1.165, 1.54) is 13.0 Å². The Balaban J connectivity index is 1.91. The number of ether oxygens (including phenoxy) is 1. The minimum atomic E-state index is -4.40. The number of aromatic nitrogens is 1. The summed E-state index contributed by atoms with van der Waals surface area (Å²) < 4.78 is 45.4. The highest BCUT2D eigenvalue weighted by Gasteiger charge is 2.27. The molecule has 1 amide bonds. The van der Waals surface area contributed by atoms with Gasteiger partial charge in [0.2, 0.25) is 5.76 Å². The molecule has 0 aliphatic carbocycles. The van der Waals surface area contributed by atoms with E-state index in [1.54, 1.807) is 24.3 Å². The number of rotatable bonds is 6. The van der Waals surface area contributed by atoms with Crippen LogP contribution in [0.15, 0.2) is 34.9 Å². The van der Waals surface area contributed by atoms with Crippen LogP contribution >= 0.6 is 11.6 Å². The molecule has 1 aromatic carbocycles. The second-order valence-corrected chi connectivity index (χ2v) is 5.53. The van der Waals surface area contributed by atoms with E-state index in [9.17, 15) is 18.0 Å². The third-order valence-electron chi connectivity index (χ3n) is 2.87. The number of nitrogens with zero attached hydrogens (tertiary/aromatic N) is 1. The number of nitrogens with one attached hydrogen (secondary N) is 1. The summed E-state index contributed by atoms with van der Waals surface area (Å²) in [7, 11) is 0. The maximum Gasteiger partial charge on any atom is 0.411 e. The van der Waals surface area contributed by atoms with E-state index in [-0.39, 0.29) is 12.4 Å². The summed E-state index contributed by atoms with van der Waals surface area (Å²) in [4.78, 5) is 12.0. The van der Waals surface area contributed by atoms with Gasteiger partial charge < -0.3 is 14.6 Å². The molecule has 5 nitrogen and oxygen atoms in total. The fourth-order valence-electron chi connectivity index (χ4n) is 1.85. The van der Waals surface area contributed by atoms with Crippen LogP contribution in [-0.2, 0) is 4.74 Å². The summed E-state index contributed by atoms with van der Waals surface area (Å²) in [6, 6.07) is 7.63. The number of halogens is 4. The lowest BCUT2D eigenvalue weighted by atomic mass is 10.1. The average molecular weight is 363 g/mol. The van der Waals surface area contributed by atoms with Crippen LogP contribution in [0.3, 0.4) is 0 Å². The summed E-state index contributed by atoms with van der Waals surface area (Å²) in [6.07, 6.45) is -4.40. The first kappa shape index (κ1) is 18.3. The molecule has 1 heterocycles. The van der Waals surface area contributed by atoms with Crippen molar-refractivity contribution in [2.24, 2.45) is 0 Å². The predicted molar refractivity (Wildman–Crippen MR) is 80.8 cm³/mol. The van der Waals surface area contributed by atoms with Crippen molar-refractivity contribution >= 4 is 17.5 Å². The standard InChI is InChI=1S/C15H14ClF3N2O3/c1-9(7-23-8-15(17,18)19)20-14(22)13-6-12(21-24-13)10-3-2-4-11(16)5-10/h2-6,9H,7-8H2,1H3,(H,20,22)/t9-/m0/s1. The van der Waals surface area contributed by atoms with Crippen molar-refractivity contribution in [2.75, 3.05) is 13.2 Å². The van der Waals surface area contributed by atoms with Gasteiger partial charge in [-0.3, -0.25) is 4.79 Å². The molecule has 0 spiro atoms. The predicted octanol–water partition coefficient (Wildman–Crippen LogP) is 3.69. The Morgan fingerprint density at radius 1 is 1.42 bits per heavy atom. The summed E-state index contributed by atoms with van der Waals surface area (Å²) >= 11 is 5.88. The van der Waals surface area contributed by atoms with Gasteiger partial charge in [0, 0.05) is 22.7 Å². The second-order valence-electron chi connectivity index (χ2n) is 5.09. The maximum atomic E-state index is 12.0. The van der Waals surface area contributed by atoms with E-state index in [2.05, 4.69) is 15.2 Å². The number of alkyl halides is 3. The topological polar surface area (TPSA) is 64.4 Å². The molecular formula is C15H14ClF3N2O3. The molecule has 9 heteroatoms. The van der Waals surface area contributed by atoms with E-state index < -0.39 is 24.7 Å². The zero-order valence-corrected chi connectivity index (χ0v) is 13.3. The molecule has 0 aliphatic rings. The zero-order chi connectivity index (χ0) is 17.7. The molecule has 1 atom stereocenters. The minimum Gasteiger partial charge on any atom is -0.370 e. The SMILES string of the molecule is C[C@@H](COCC(F)(F)F)NC(=O)c1cc(-c2cccc(Cl)c2)no1. The number of amides is 1. The molecule has 0 unspecified atom stereocenters. The van der Waals surface area contributed by atoms with Gasteiger partial charge in [-0.05, 0) is 19.1 Å². The Morgan fingerprint density at radius 3 is 2.83 bits per heavy atom. The Labute approximate surface area is 140 Å². The van der Waals surface area contributed by atoms with Crippen LogP contribution in [0.4, 0.5) is 13.2 Å². The molecule has 0 aliphatic heterocycles. The van der Waals surface area contributed by atoms with Crippen molar-refractivity contribution in [3.8, 4) is 11.3 Å². The molecule has 0 bridgehead atoms. The van der Waals surface area contributed by atoms with Crippen molar-refractivity contribution in [1.29, 1.82) is 0 Å². The van der Waals surface area contributed by atoms with Gasteiger partial charge >= 0.3 is 6.18 Å². The van der Waals surface area contributed by atoms with Crippen LogP contribution in [0.5, 0.6) is 0 Å². The minimum absolute atomic E-state index is 0.0624. The maximum absolute atomic E-state index is 12.0. The fraction of sp³-hybridized carbons (Fsp3) is 0.333. The molecule has 2 aromatic rings. The van der Waals surface area contributed by atoms with Gasteiger partial charge in [0.25, 0.3) is 5.91 Å². The van der Waals surface area contributed by atoms with E-state index >= 15 is 0 Å². The summed E-state index contributed by atoms with van der Waals surface area (Å²) in [6.45, 7) is -0.127. The van der Waals surface area contributed by atoms with Crippen molar-refractivity contribution in [1.82, 2.24) is 10.5 Å². The molecule has 24 heavy (non-hydrogen) atoms. The third-order valence-corrected chi connectivity index (χ3v) is 3.10. The van der Waals surface area contributed by atoms with Gasteiger partial charge in [-0.15, -0.1) is 0 Å². The first-order valence-corrected chi connectivity index (χ1v) is 7.30. The van der Waals surface area contributed by atoms with Gasteiger partial charge in [0.05, 0.1) is 6.61 Å². The molecule has 0 radical (unpaired) electrons. The molecular weight excluding hydrogens is 349 g/mol. The molecule has 0 saturated carbocycles. The van der Waals surface area contributed by atoms with Crippen LogP contribution < -0.4 is 5.32 Å². The first-order chi connectivity index (χ1) is 11.2. The Hall–Kier alpha value is -2.06. The van der Waals surface area contributed by atoms with E-state index in [0.29, 0.717) is 16.3 Å². The quantitative estimate of drug-likeness (QED) is 0.851. The lowest BCUT2D eigenvalue weighted by molar-refractivity contribution is -0.174. The van der Waals surface area contributed by atoms with Crippen molar-refractivity contribution in [2.45, 2.75) is 19.1 Å². The highest BCUT2D eigenvalue weighted by atomic mass is 35.5. The second kappa shape index (κ2) is 7.67. The van der Waals surface area contributed by atoms with Gasteiger partial charge in [0.1, 0.15) is 12.3 Å². The summed E-state index contributed by atoms with van der Waals surface area (Å²) in [5.41, 5.74) is 1.09. The molecule has 2 rings (SSSR count). The van der Waals surface area contributed by atoms with Crippen LogP contribution in [-0.4, -0.2) is 36.5 Å². The molecule has 1 N–H and O–H groups in total. The highest BCUT2D eigenvalue weighted by Crippen LogP contribution is 2.22. The number of hydrogen-bond acceptors (Lipinski definition) is 4. The number of carbonyl (C=O) groups excluding carboxylic acids is 1. The van der Waals surface area contributed by atoms with E-state index in [0.717, 1.165) is 0 Å². The zero-order valence-electron chi connectivity index (χ0n) is 12.6. The largest absolute Gasteiger partial charge is 0.411 e. The number of carbonyl (C=O) groups is 1. The van der Waals surface area contributed by atoms with Crippen LogP contribution in [0.1, 0.15) is 17.5 Å². The normalized spacial score (nSPS) is 12.9. The number of benzene rings is 1. The Bertz CT molecular complexity index is 703. The van der Waals surface area contributed by atoms with E-state index in [4.69, 9.17) is 16.1 Å². The van der Waals surface area contributed by atoms with E-state index in [1.807, 2.05) is 0 Å². The van der Waals surface area contributed by atoms with Crippen LogP contribution in [0.2, 0.25) is 5.02 Å². The molecule has 0 fully saturated rings. The molecule has 130 valence electrons. The van der Waals surface area contributed by atoms with Crippen molar-refractivity contribution in [3.63, 3.8) is 0 Å². The third kappa shape index (κ3) is 5.54. The Morgan fingerprint density at radius 2 is 2.17 bits per heavy atom. The van der Waals surface area contributed by atoms with Crippen molar-refractivity contribution in [3.05, 3.63) is 41.1 Å². The lowest BCUT2D eigenvalue weighted by Gasteiger charge is -2.14.